The fourth-order valence-corrected chi connectivity index (χ4v) is 5.23. The van der Waals surface area contributed by atoms with Gasteiger partial charge in [0, 0.05) is 41.0 Å². The number of pyridine rings is 4. The molecule has 0 saturated heterocycles. The van der Waals surface area contributed by atoms with Crippen molar-refractivity contribution in [1.82, 2.24) is 35.1 Å². The molecule has 0 bridgehead atoms. The number of aromatic nitrogens is 7. The van der Waals surface area contributed by atoms with Gasteiger partial charge in [-0.05, 0) is 49.2 Å². The number of anilines is 1. The number of nitrogens with zero attached hydrogens (tertiary/aromatic N) is 5. The molecule has 1 amide bonds. The van der Waals surface area contributed by atoms with Crippen LogP contribution in [0.4, 0.5) is 5.69 Å². The van der Waals surface area contributed by atoms with Crippen LogP contribution in [0.15, 0.2) is 73.4 Å². The third kappa shape index (κ3) is 3.98. The Labute approximate surface area is 217 Å². The van der Waals surface area contributed by atoms with Gasteiger partial charge < -0.3 is 10.3 Å². The summed E-state index contributed by atoms with van der Waals surface area (Å²) in [6.45, 7) is 0. The third-order valence-corrected chi connectivity index (χ3v) is 7.18. The Balaban J connectivity index is 1.25. The summed E-state index contributed by atoms with van der Waals surface area (Å²) in [6, 6.07) is 13.7. The SMILES string of the molecule is O=C(Nc1cncc(-c2ccc3[nH]nc(-c4cc5c(-c6ccccn6)cncc5[nH]4)c3n2)c1)C1CCCC1. The van der Waals surface area contributed by atoms with E-state index >= 15 is 0 Å². The van der Waals surface area contributed by atoms with Crippen molar-refractivity contribution in [1.29, 1.82) is 0 Å². The lowest BCUT2D eigenvalue weighted by atomic mass is 10.1. The summed E-state index contributed by atoms with van der Waals surface area (Å²) in [7, 11) is 0. The largest absolute Gasteiger partial charge is 0.352 e. The summed E-state index contributed by atoms with van der Waals surface area (Å²) in [5, 5.41) is 11.7. The second kappa shape index (κ2) is 9.19. The first-order chi connectivity index (χ1) is 18.7. The highest BCUT2D eigenvalue weighted by molar-refractivity contribution is 5.99. The van der Waals surface area contributed by atoms with Crippen LogP contribution in [0.1, 0.15) is 25.7 Å². The standard InChI is InChI=1S/C29H24N8O/c38-29(17-5-1-2-6-17)33-19-11-18(13-30-14-19)22-8-9-24-27(35-22)28(37-36-24)25-12-20-21(15-31-16-26(20)34-25)23-7-3-4-10-32-23/h3-4,7-17,34H,1-2,5-6H2,(H,33,38)(H,36,37). The Morgan fingerprint density at radius 1 is 0.921 bits per heavy atom. The Hall–Kier alpha value is -4.92. The molecule has 0 spiro atoms. The highest BCUT2D eigenvalue weighted by Crippen LogP contribution is 2.33. The molecule has 9 nitrogen and oxygen atoms in total. The van der Waals surface area contributed by atoms with E-state index in [2.05, 4.69) is 41.5 Å². The molecule has 0 aromatic carbocycles. The number of nitrogens with one attached hydrogen (secondary N) is 3. The molecule has 1 aliphatic carbocycles. The molecule has 1 fully saturated rings. The average molecular weight is 501 g/mol. The molecule has 6 aromatic rings. The first-order valence-electron chi connectivity index (χ1n) is 12.7. The molecule has 0 aliphatic heterocycles. The molecule has 6 aromatic heterocycles. The fraction of sp³-hybridized carbons (Fsp3) is 0.172. The molecule has 6 heterocycles. The Bertz CT molecular complexity index is 1780. The highest BCUT2D eigenvalue weighted by atomic mass is 16.1. The van der Waals surface area contributed by atoms with Crippen molar-refractivity contribution in [2.75, 3.05) is 5.32 Å². The van der Waals surface area contributed by atoms with Crippen LogP contribution in [0.2, 0.25) is 0 Å². The first-order valence-corrected chi connectivity index (χ1v) is 12.7. The number of carbonyl (C=O) groups excluding carboxylic acids is 1. The molecule has 1 aliphatic rings. The number of hydrogen-bond donors (Lipinski definition) is 3. The Morgan fingerprint density at radius 3 is 2.68 bits per heavy atom. The van der Waals surface area contributed by atoms with E-state index in [1.165, 1.54) is 0 Å². The van der Waals surface area contributed by atoms with E-state index in [1.807, 2.05) is 42.6 Å². The lowest BCUT2D eigenvalue weighted by Crippen LogP contribution is -2.20. The van der Waals surface area contributed by atoms with Crippen molar-refractivity contribution in [2.45, 2.75) is 25.7 Å². The molecular weight excluding hydrogens is 476 g/mol. The third-order valence-electron chi connectivity index (χ3n) is 7.18. The maximum atomic E-state index is 12.6. The summed E-state index contributed by atoms with van der Waals surface area (Å²) in [5.74, 6) is 0.159. The zero-order valence-corrected chi connectivity index (χ0v) is 20.5. The van der Waals surface area contributed by atoms with E-state index in [4.69, 9.17) is 4.98 Å². The van der Waals surface area contributed by atoms with Gasteiger partial charge in [-0.3, -0.25) is 24.8 Å². The Kier molecular flexibility index (Phi) is 5.39. The first kappa shape index (κ1) is 22.3. The van der Waals surface area contributed by atoms with Crippen LogP contribution in [0, 0.1) is 5.92 Å². The molecule has 9 heteroatoms. The van der Waals surface area contributed by atoms with Crippen molar-refractivity contribution in [3.8, 4) is 33.9 Å². The van der Waals surface area contributed by atoms with Gasteiger partial charge in [-0.1, -0.05) is 18.9 Å². The lowest BCUT2D eigenvalue weighted by molar-refractivity contribution is -0.119. The number of amides is 1. The van der Waals surface area contributed by atoms with Gasteiger partial charge in [0.2, 0.25) is 5.91 Å². The Morgan fingerprint density at radius 2 is 1.82 bits per heavy atom. The number of aromatic amines is 2. The van der Waals surface area contributed by atoms with Gasteiger partial charge in [0.15, 0.2) is 0 Å². The topological polar surface area (TPSA) is 125 Å². The van der Waals surface area contributed by atoms with E-state index in [1.54, 1.807) is 24.8 Å². The van der Waals surface area contributed by atoms with Crippen molar-refractivity contribution >= 4 is 33.5 Å². The summed E-state index contributed by atoms with van der Waals surface area (Å²) in [4.78, 5) is 34.2. The highest BCUT2D eigenvalue weighted by Gasteiger charge is 2.23. The number of carbonyl (C=O) groups is 1. The summed E-state index contributed by atoms with van der Waals surface area (Å²) in [5.41, 5.74) is 8.05. The van der Waals surface area contributed by atoms with Crippen LogP contribution in [0.25, 0.3) is 55.8 Å². The smallest absolute Gasteiger partial charge is 0.227 e. The quantitative estimate of drug-likeness (QED) is 0.277. The average Bonchev–Trinajstić information content (AvgIpc) is 3.73. The van der Waals surface area contributed by atoms with Gasteiger partial charge in [0.1, 0.15) is 11.2 Å². The zero-order valence-electron chi connectivity index (χ0n) is 20.5. The number of hydrogen-bond acceptors (Lipinski definition) is 6. The predicted octanol–water partition coefficient (Wildman–Crippen LogP) is 5.75. The second-order valence-electron chi connectivity index (χ2n) is 9.64. The molecular formula is C29H24N8O. The van der Waals surface area contributed by atoms with Crippen LogP contribution >= 0.6 is 0 Å². The van der Waals surface area contributed by atoms with Crippen LogP contribution in [-0.2, 0) is 4.79 Å². The molecule has 38 heavy (non-hydrogen) atoms. The van der Waals surface area contributed by atoms with Crippen LogP contribution in [0.5, 0.6) is 0 Å². The maximum absolute atomic E-state index is 12.6. The second-order valence-corrected chi connectivity index (χ2v) is 9.64. The van der Waals surface area contributed by atoms with Crippen molar-refractivity contribution in [2.24, 2.45) is 5.92 Å². The molecule has 0 unspecified atom stereocenters. The molecule has 0 radical (unpaired) electrons. The zero-order chi connectivity index (χ0) is 25.5. The van der Waals surface area contributed by atoms with Gasteiger partial charge in [0.05, 0.1) is 46.2 Å². The van der Waals surface area contributed by atoms with E-state index in [-0.39, 0.29) is 11.8 Å². The minimum absolute atomic E-state index is 0.0698. The summed E-state index contributed by atoms with van der Waals surface area (Å²) >= 11 is 0. The van der Waals surface area contributed by atoms with Crippen LogP contribution < -0.4 is 5.32 Å². The number of H-pyrrole nitrogens is 2. The van der Waals surface area contributed by atoms with Gasteiger partial charge in [-0.15, -0.1) is 0 Å². The van der Waals surface area contributed by atoms with Gasteiger partial charge in [0.25, 0.3) is 0 Å². The van der Waals surface area contributed by atoms with E-state index < -0.39 is 0 Å². The minimum Gasteiger partial charge on any atom is -0.352 e. The minimum atomic E-state index is 0.0698. The van der Waals surface area contributed by atoms with E-state index in [0.29, 0.717) is 11.4 Å². The normalized spacial score (nSPS) is 13.9. The van der Waals surface area contributed by atoms with Gasteiger partial charge in [-0.2, -0.15) is 5.10 Å². The molecule has 186 valence electrons. The molecule has 3 N–H and O–H groups in total. The van der Waals surface area contributed by atoms with Crippen molar-refractivity contribution < 1.29 is 4.79 Å². The van der Waals surface area contributed by atoms with Gasteiger partial charge in [-0.25, -0.2) is 4.98 Å². The lowest BCUT2D eigenvalue weighted by Gasteiger charge is -2.11. The van der Waals surface area contributed by atoms with Crippen LogP contribution in [0.3, 0.4) is 0 Å². The van der Waals surface area contributed by atoms with Crippen molar-refractivity contribution in [3.63, 3.8) is 0 Å². The predicted molar refractivity (Wildman–Crippen MR) is 146 cm³/mol. The van der Waals surface area contributed by atoms with E-state index in [9.17, 15) is 4.79 Å². The maximum Gasteiger partial charge on any atom is 0.227 e. The number of rotatable bonds is 5. The van der Waals surface area contributed by atoms with Crippen LogP contribution in [-0.4, -0.2) is 41.0 Å². The monoisotopic (exact) mass is 500 g/mol. The number of fused-ring (bicyclic) bond motifs is 2. The molecule has 7 rings (SSSR count). The molecule has 1 saturated carbocycles. The summed E-state index contributed by atoms with van der Waals surface area (Å²) < 4.78 is 0. The fourth-order valence-electron chi connectivity index (χ4n) is 5.23. The molecule has 0 atom stereocenters. The van der Waals surface area contributed by atoms with Gasteiger partial charge >= 0.3 is 0 Å². The summed E-state index contributed by atoms with van der Waals surface area (Å²) in [6.07, 6.45) is 13.0. The van der Waals surface area contributed by atoms with Crippen molar-refractivity contribution in [3.05, 3.63) is 73.4 Å². The van der Waals surface area contributed by atoms with E-state index in [0.717, 1.165) is 75.8 Å².